The van der Waals surface area contributed by atoms with Crippen LogP contribution in [0.1, 0.15) is 88.0 Å². The second-order valence-corrected chi connectivity index (χ2v) is 19.6. The molecule has 70 heavy (non-hydrogen) atoms. The first-order valence-corrected chi connectivity index (χ1v) is 24.5. The summed E-state index contributed by atoms with van der Waals surface area (Å²) in [4.78, 5) is 78.9. The number of piperazine rings is 1. The van der Waals surface area contributed by atoms with Crippen LogP contribution >= 0.6 is 0 Å². The van der Waals surface area contributed by atoms with E-state index in [0.29, 0.717) is 96.9 Å². The van der Waals surface area contributed by atoms with Crippen molar-refractivity contribution in [3.8, 4) is 22.8 Å². The van der Waals surface area contributed by atoms with Crippen molar-refractivity contribution in [1.29, 1.82) is 0 Å². The lowest BCUT2D eigenvalue weighted by Crippen LogP contribution is -2.49. The number of nitrogens with zero attached hydrogens (tertiary/aromatic N) is 14. The Bertz CT molecular complexity index is 2960. The van der Waals surface area contributed by atoms with Gasteiger partial charge in [0, 0.05) is 114 Å². The largest absolute Gasteiger partial charge is 0.439 e. The summed E-state index contributed by atoms with van der Waals surface area (Å²) in [5, 5.41) is 17.9. The molecule has 5 fully saturated rings. The number of likely N-dealkylation sites (tertiary alicyclic amines) is 2. The Kier molecular flexibility index (Phi) is 12.0. The molecule has 1 aliphatic carbocycles. The highest BCUT2D eigenvalue weighted by molar-refractivity contribution is 6.09. The van der Waals surface area contributed by atoms with Crippen LogP contribution in [0.5, 0.6) is 0 Å². The first kappa shape index (κ1) is 45.2. The molecule has 4 saturated heterocycles. The third kappa shape index (κ3) is 8.72. The van der Waals surface area contributed by atoms with E-state index in [2.05, 4.69) is 47.5 Å². The molecule has 0 atom stereocenters. The minimum Gasteiger partial charge on any atom is -0.439 e. The molecule has 22 heteroatoms. The Balaban J connectivity index is 0.625. The summed E-state index contributed by atoms with van der Waals surface area (Å²) in [6.07, 6.45) is 10.2. The van der Waals surface area contributed by atoms with E-state index >= 15 is 0 Å². The van der Waals surface area contributed by atoms with E-state index in [4.69, 9.17) is 30.1 Å². The van der Waals surface area contributed by atoms with Crippen LogP contribution in [0.3, 0.4) is 0 Å². The Labute approximate surface area is 403 Å². The highest BCUT2D eigenvalue weighted by Crippen LogP contribution is 2.48. The van der Waals surface area contributed by atoms with Crippen molar-refractivity contribution in [3.05, 3.63) is 48.2 Å². The number of fused-ring (bicyclic) bond motifs is 2. The number of nitrogen functional groups attached to an aromatic ring is 1. The third-order valence-electron chi connectivity index (χ3n) is 14.7. The molecule has 0 spiro atoms. The molecule has 22 nitrogen and oxygen atoms in total. The maximum absolute atomic E-state index is 13.2. The van der Waals surface area contributed by atoms with Crippen LogP contribution in [-0.4, -0.2) is 155 Å². The van der Waals surface area contributed by atoms with Crippen molar-refractivity contribution in [2.45, 2.75) is 76.7 Å². The van der Waals surface area contributed by atoms with Gasteiger partial charge >= 0.3 is 12.1 Å². The van der Waals surface area contributed by atoms with E-state index in [0.717, 1.165) is 86.3 Å². The number of aryl methyl sites for hydroxylation is 1. The number of amides is 5. The SMILES string of the molecule is CC(C)n1nc(-c2noc(C3CC3)c2-c2ncc(C3CCN(C(=O)OCC(=O)N4CCC(CN5CCN(c6ccc7c(N8CCC(=O)NC8=O)nn(C)c7c6)CC5)CC4)CC3)cn2)c2c(N)ncnc21. The Morgan fingerprint density at radius 3 is 2.31 bits per heavy atom. The molecule has 1 aromatic carbocycles. The highest BCUT2D eigenvalue weighted by Gasteiger charge is 2.37. The molecule has 4 aliphatic heterocycles. The van der Waals surface area contributed by atoms with E-state index in [1.54, 1.807) is 9.58 Å². The molecule has 5 amide bonds. The van der Waals surface area contributed by atoms with E-state index in [1.165, 1.54) is 11.2 Å². The van der Waals surface area contributed by atoms with Crippen LogP contribution < -0.4 is 20.9 Å². The van der Waals surface area contributed by atoms with Crippen molar-refractivity contribution in [3.63, 3.8) is 0 Å². The lowest BCUT2D eigenvalue weighted by Gasteiger charge is -2.39. The minimum atomic E-state index is -0.464. The molecule has 6 aromatic rings. The maximum Gasteiger partial charge on any atom is 0.410 e. The van der Waals surface area contributed by atoms with Gasteiger partial charge in [-0.05, 0) is 88.0 Å². The minimum absolute atomic E-state index is 0.0204. The predicted octanol–water partition coefficient (Wildman–Crippen LogP) is 4.69. The number of nitrogens with one attached hydrogen (secondary N) is 1. The number of carbonyl (C=O) groups is 4. The lowest BCUT2D eigenvalue weighted by molar-refractivity contribution is -0.136. The topological polar surface area (TPSA) is 245 Å². The molecule has 9 heterocycles. The summed E-state index contributed by atoms with van der Waals surface area (Å²) in [5.41, 5.74) is 11.8. The molecule has 3 N–H and O–H groups in total. The van der Waals surface area contributed by atoms with Gasteiger partial charge in [-0.2, -0.15) is 10.2 Å². The number of benzene rings is 1. The maximum atomic E-state index is 13.2. The average molecular weight is 955 g/mol. The summed E-state index contributed by atoms with van der Waals surface area (Å²) in [6, 6.07) is 5.80. The van der Waals surface area contributed by atoms with Crippen molar-refractivity contribution < 1.29 is 28.4 Å². The number of urea groups is 1. The Morgan fingerprint density at radius 1 is 0.857 bits per heavy atom. The monoisotopic (exact) mass is 954 g/mol. The number of imide groups is 1. The van der Waals surface area contributed by atoms with Crippen LogP contribution in [0.25, 0.3) is 44.7 Å². The Morgan fingerprint density at radius 2 is 1.60 bits per heavy atom. The summed E-state index contributed by atoms with van der Waals surface area (Å²) < 4.78 is 15.1. The summed E-state index contributed by atoms with van der Waals surface area (Å²) in [6.45, 7) is 11.0. The average Bonchev–Trinajstić information content (AvgIpc) is 3.86. The van der Waals surface area contributed by atoms with Crippen molar-refractivity contribution >= 4 is 63.2 Å². The van der Waals surface area contributed by atoms with E-state index < -0.39 is 12.1 Å². The zero-order chi connectivity index (χ0) is 48.2. The molecule has 11 rings (SSSR count). The van der Waals surface area contributed by atoms with Crippen molar-refractivity contribution in [1.82, 2.24) is 64.7 Å². The fourth-order valence-electron chi connectivity index (χ4n) is 10.5. The summed E-state index contributed by atoms with van der Waals surface area (Å²) in [7, 11) is 1.87. The number of rotatable bonds is 11. The van der Waals surface area contributed by atoms with Gasteiger partial charge in [0.2, 0.25) is 5.91 Å². The van der Waals surface area contributed by atoms with Crippen LogP contribution in [0.15, 0.2) is 41.4 Å². The molecule has 5 aliphatic rings. The van der Waals surface area contributed by atoms with Gasteiger partial charge in [0.05, 0.1) is 16.5 Å². The van der Waals surface area contributed by atoms with E-state index in [9.17, 15) is 19.2 Å². The number of carbonyl (C=O) groups excluding carboxylic acids is 4. The highest BCUT2D eigenvalue weighted by atomic mass is 16.6. The van der Waals surface area contributed by atoms with E-state index in [1.807, 2.05) is 48.9 Å². The van der Waals surface area contributed by atoms with Gasteiger partial charge in [-0.1, -0.05) is 5.16 Å². The van der Waals surface area contributed by atoms with Gasteiger partial charge in [0.15, 0.2) is 29.7 Å². The lowest BCUT2D eigenvalue weighted by atomic mass is 9.91. The zero-order valence-corrected chi connectivity index (χ0v) is 39.8. The number of nitrogens with two attached hydrogens (primary N) is 1. The molecule has 0 unspecified atom stereocenters. The van der Waals surface area contributed by atoms with Gasteiger partial charge in [-0.3, -0.25) is 29.4 Å². The van der Waals surface area contributed by atoms with E-state index in [-0.39, 0.29) is 42.7 Å². The van der Waals surface area contributed by atoms with Crippen molar-refractivity contribution in [2.24, 2.45) is 13.0 Å². The molecule has 0 bridgehead atoms. The molecule has 366 valence electrons. The van der Waals surface area contributed by atoms with Crippen LogP contribution in [-0.2, 0) is 21.4 Å². The standard InChI is InChI=1S/C48H58N16O6/c1-28(2)64-46-39(43(49)52-27-53-46)40(55-64)41-38(42(70-57-41)31-4-5-31)44-50-23-32(24-51-44)30-10-15-62(16-11-30)48(68)69-26-37(66)61-13-8-29(9-14-61)25-59-18-20-60(21-19-59)33-6-7-34-35(22-33)58(3)56-45(34)63-17-12-36(65)54-47(63)67/h6-7,22-24,27-31H,4-5,8-21,25-26H2,1-3H3,(H2,49,52,53)(H,54,65,67). The number of piperidine rings is 2. The molecule has 1 saturated carbocycles. The molecular formula is C48H58N16O6. The predicted molar refractivity (Wildman–Crippen MR) is 258 cm³/mol. The second kappa shape index (κ2) is 18.6. The number of anilines is 3. The number of hydrogen-bond donors (Lipinski definition) is 2. The molecular weight excluding hydrogens is 897 g/mol. The Hall–Kier alpha value is -7.23. The summed E-state index contributed by atoms with van der Waals surface area (Å²) >= 11 is 0. The quantitative estimate of drug-likeness (QED) is 0.179. The third-order valence-corrected chi connectivity index (χ3v) is 14.7. The second-order valence-electron chi connectivity index (χ2n) is 19.6. The van der Waals surface area contributed by atoms with Crippen LogP contribution in [0.2, 0.25) is 0 Å². The fraction of sp³-hybridized carbons (Fsp3) is 0.521. The summed E-state index contributed by atoms with van der Waals surface area (Å²) in [5.74, 6) is 2.56. The number of hydrogen-bond acceptors (Lipinski definition) is 16. The number of aromatic nitrogens is 9. The molecule has 5 aromatic heterocycles. The van der Waals surface area contributed by atoms with Crippen LogP contribution in [0.4, 0.5) is 26.9 Å². The normalized spacial score (nSPS) is 19.0. The van der Waals surface area contributed by atoms with Crippen molar-refractivity contribution in [2.75, 3.05) is 87.6 Å². The first-order valence-electron chi connectivity index (χ1n) is 24.5. The smallest absolute Gasteiger partial charge is 0.410 e. The molecule has 0 radical (unpaired) electrons. The van der Waals surface area contributed by atoms with Gasteiger partial charge < -0.3 is 29.7 Å². The van der Waals surface area contributed by atoms with Gasteiger partial charge in [0.1, 0.15) is 23.5 Å². The number of ether oxygens (including phenoxy) is 1. The fourth-order valence-corrected chi connectivity index (χ4v) is 10.5. The zero-order valence-electron chi connectivity index (χ0n) is 39.8. The van der Waals surface area contributed by atoms with Crippen LogP contribution in [0, 0.1) is 5.92 Å². The van der Waals surface area contributed by atoms with Gasteiger partial charge in [-0.25, -0.2) is 34.2 Å². The first-order chi connectivity index (χ1) is 34.0. The van der Waals surface area contributed by atoms with Gasteiger partial charge in [0.25, 0.3) is 5.91 Å². The van der Waals surface area contributed by atoms with Gasteiger partial charge in [-0.15, -0.1) is 0 Å².